The molecule has 1 atom stereocenters. The van der Waals surface area contributed by atoms with Gasteiger partial charge in [-0.25, -0.2) is 14.8 Å². The van der Waals surface area contributed by atoms with E-state index in [1.54, 1.807) is 19.0 Å². The summed E-state index contributed by atoms with van der Waals surface area (Å²) in [6.07, 6.45) is 5.68. The van der Waals surface area contributed by atoms with E-state index in [2.05, 4.69) is 15.3 Å². The minimum Gasteiger partial charge on any atom is -0.371 e. The smallest absolute Gasteiger partial charge is 0.319 e. The molecule has 126 valence electrons. The summed E-state index contributed by atoms with van der Waals surface area (Å²) in [6.45, 7) is 4.99. The minimum atomic E-state index is -0.137. The van der Waals surface area contributed by atoms with E-state index >= 15 is 0 Å². The van der Waals surface area contributed by atoms with E-state index in [0.29, 0.717) is 25.0 Å². The van der Waals surface area contributed by atoms with Gasteiger partial charge < -0.3 is 19.9 Å². The predicted octanol–water partition coefficient (Wildman–Crippen LogP) is 1.36. The fraction of sp³-hybridized carbons (Fsp3) is 0.688. The fourth-order valence-corrected chi connectivity index (χ4v) is 3.40. The van der Waals surface area contributed by atoms with Crippen molar-refractivity contribution in [2.75, 3.05) is 45.7 Å². The Hall–Kier alpha value is -1.89. The summed E-state index contributed by atoms with van der Waals surface area (Å²) in [4.78, 5) is 24.0. The van der Waals surface area contributed by atoms with Gasteiger partial charge in [-0.15, -0.1) is 0 Å². The van der Waals surface area contributed by atoms with Crippen molar-refractivity contribution in [1.82, 2.24) is 19.8 Å². The lowest BCUT2D eigenvalue weighted by Gasteiger charge is -2.50. The van der Waals surface area contributed by atoms with E-state index in [1.807, 2.05) is 24.2 Å². The summed E-state index contributed by atoms with van der Waals surface area (Å²) < 4.78 is 6.00. The van der Waals surface area contributed by atoms with Crippen LogP contribution in [0.1, 0.15) is 18.4 Å². The lowest BCUT2D eigenvalue weighted by atomic mass is 9.79. The van der Waals surface area contributed by atoms with Crippen LogP contribution in [0.15, 0.2) is 12.4 Å². The second-order valence-corrected chi connectivity index (χ2v) is 6.73. The quantitative estimate of drug-likeness (QED) is 0.907. The molecule has 1 aromatic rings. The SMILES string of the molecule is Cc1cnc(NCC[C@H]2CCOC23CN(C(=O)N(C)C)C3)nc1. The summed E-state index contributed by atoms with van der Waals surface area (Å²) in [6, 6.07) is 0.0658. The van der Waals surface area contributed by atoms with Gasteiger partial charge in [0.15, 0.2) is 0 Å². The zero-order chi connectivity index (χ0) is 16.4. The first-order chi connectivity index (χ1) is 11.0. The molecule has 1 spiro atoms. The largest absolute Gasteiger partial charge is 0.371 e. The van der Waals surface area contributed by atoms with Crippen LogP contribution in [0.3, 0.4) is 0 Å². The Kier molecular flexibility index (Phi) is 4.39. The molecule has 2 aliphatic rings. The van der Waals surface area contributed by atoms with Crippen molar-refractivity contribution in [3.63, 3.8) is 0 Å². The van der Waals surface area contributed by atoms with E-state index in [0.717, 1.165) is 31.6 Å². The van der Waals surface area contributed by atoms with Gasteiger partial charge in [-0.05, 0) is 31.2 Å². The molecule has 0 unspecified atom stereocenters. The molecule has 0 bridgehead atoms. The summed E-state index contributed by atoms with van der Waals surface area (Å²) in [5.41, 5.74) is 0.917. The molecule has 7 nitrogen and oxygen atoms in total. The molecule has 0 aromatic carbocycles. The molecule has 1 N–H and O–H groups in total. The van der Waals surface area contributed by atoms with Gasteiger partial charge in [0.25, 0.3) is 0 Å². The Labute approximate surface area is 137 Å². The summed E-state index contributed by atoms with van der Waals surface area (Å²) in [5, 5.41) is 3.27. The van der Waals surface area contributed by atoms with Gasteiger partial charge in [0.05, 0.1) is 13.1 Å². The van der Waals surface area contributed by atoms with E-state index < -0.39 is 0 Å². The van der Waals surface area contributed by atoms with Crippen molar-refractivity contribution in [3.05, 3.63) is 18.0 Å². The number of urea groups is 1. The Morgan fingerprint density at radius 2 is 2.13 bits per heavy atom. The number of anilines is 1. The zero-order valence-corrected chi connectivity index (χ0v) is 14.1. The molecule has 0 saturated carbocycles. The lowest BCUT2D eigenvalue weighted by molar-refractivity contribution is -0.117. The van der Waals surface area contributed by atoms with E-state index in [-0.39, 0.29) is 11.6 Å². The van der Waals surface area contributed by atoms with E-state index in [4.69, 9.17) is 4.74 Å². The van der Waals surface area contributed by atoms with Gasteiger partial charge >= 0.3 is 6.03 Å². The number of ether oxygens (including phenoxy) is 1. The highest BCUT2D eigenvalue weighted by atomic mass is 16.5. The Balaban J connectivity index is 1.49. The summed E-state index contributed by atoms with van der Waals surface area (Å²) >= 11 is 0. The Morgan fingerprint density at radius 3 is 2.78 bits per heavy atom. The monoisotopic (exact) mass is 319 g/mol. The number of amides is 2. The second kappa shape index (κ2) is 6.31. The first-order valence-corrected chi connectivity index (χ1v) is 8.13. The Morgan fingerprint density at radius 1 is 1.43 bits per heavy atom. The number of carbonyl (C=O) groups excluding carboxylic acids is 1. The van der Waals surface area contributed by atoms with Gasteiger partial charge in [-0.3, -0.25) is 0 Å². The van der Waals surface area contributed by atoms with E-state index in [9.17, 15) is 4.79 Å². The number of hydrogen-bond donors (Lipinski definition) is 1. The molecule has 2 fully saturated rings. The first kappa shape index (κ1) is 16.0. The van der Waals surface area contributed by atoms with Gasteiger partial charge in [0.2, 0.25) is 5.95 Å². The van der Waals surface area contributed by atoms with Crippen LogP contribution in [-0.4, -0.2) is 71.7 Å². The third-order valence-electron chi connectivity index (χ3n) is 4.73. The molecule has 1 aromatic heterocycles. The highest BCUT2D eigenvalue weighted by Crippen LogP contribution is 2.41. The van der Waals surface area contributed by atoms with E-state index in [1.165, 1.54) is 0 Å². The molecule has 0 radical (unpaired) electrons. The maximum absolute atomic E-state index is 12.0. The number of nitrogens with one attached hydrogen (secondary N) is 1. The lowest BCUT2D eigenvalue weighted by Crippen LogP contribution is -2.67. The third-order valence-corrected chi connectivity index (χ3v) is 4.73. The topological polar surface area (TPSA) is 70.6 Å². The molecule has 23 heavy (non-hydrogen) atoms. The average molecular weight is 319 g/mol. The van der Waals surface area contributed by atoms with Crippen LogP contribution >= 0.6 is 0 Å². The molecule has 7 heteroatoms. The molecule has 3 rings (SSSR count). The van der Waals surface area contributed by atoms with Crippen LogP contribution < -0.4 is 5.32 Å². The normalized spacial score (nSPS) is 22.0. The number of likely N-dealkylation sites (tertiary alicyclic amines) is 1. The highest BCUT2D eigenvalue weighted by molar-refractivity contribution is 5.75. The highest BCUT2D eigenvalue weighted by Gasteiger charge is 2.54. The van der Waals surface area contributed by atoms with Crippen molar-refractivity contribution < 1.29 is 9.53 Å². The number of hydrogen-bond acceptors (Lipinski definition) is 5. The summed E-state index contributed by atoms with van der Waals surface area (Å²) in [5.74, 6) is 1.15. The maximum atomic E-state index is 12.0. The summed E-state index contributed by atoms with van der Waals surface area (Å²) in [7, 11) is 3.57. The van der Waals surface area contributed by atoms with Crippen molar-refractivity contribution >= 4 is 12.0 Å². The maximum Gasteiger partial charge on any atom is 0.319 e. The number of aryl methyl sites for hydroxylation is 1. The second-order valence-electron chi connectivity index (χ2n) is 6.73. The van der Waals surface area contributed by atoms with Crippen LogP contribution in [0, 0.1) is 12.8 Å². The minimum absolute atomic E-state index is 0.0658. The van der Waals surface area contributed by atoms with Gasteiger partial charge in [0.1, 0.15) is 5.60 Å². The molecular formula is C16H25N5O2. The standard InChI is InChI=1S/C16H25N5O2/c1-12-8-18-14(19-9-12)17-6-4-13-5-7-23-16(13)10-21(11-16)15(22)20(2)3/h8-9,13H,4-7,10-11H2,1-3H3,(H,17,18,19)/t13-/m0/s1. The zero-order valence-electron chi connectivity index (χ0n) is 14.1. The molecular weight excluding hydrogens is 294 g/mol. The van der Waals surface area contributed by atoms with Crippen molar-refractivity contribution in [3.8, 4) is 0 Å². The van der Waals surface area contributed by atoms with Crippen LogP contribution in [0.2, 0.25) is 0 Å². The van der Waals surface area contributed by atoms with Crippen molar-refractivity contribution in [2.24, 2.45) is 5.92 Å². The average Bonchev–Trinajstić information content (AvgIpc) is 2.91. The number of rotatable bonds is 4. The first-order valence-electron chi connectivity index (χ1n) is 8.13. The number of carbonyl (C=O) groups is 1. The van der Waals surface area contributed by atoms with Gasteiger partial charge in [0, 0.05) is 39.6 Å². The number of nitrogens with zero attached hydrogens (tertiary/aromatic N) is 4. The van der Waals surface area contributed by atoms with Crippen LogP contribution in [0.5, 0.6) is 0 Å². The Bertz CT molecular complexity index is 554. The van der Waals surface area contributed by atoms with Crippen LogP contribution in [0.25, 0.3) is 0 Å². The molecule has 3 heterocycles. The van der Waals surface area contributed by atoms with Gasteiger partial charge in [-0.2, -0.15) is 0 Å². The number of aromatic nitrogens is 2. The van der Waals surface area contributed by atoms with Crippen LogP contribution in [-0.2, 0) is 4.74 Å². The fourth-order valence-electron chi connectivity index (χ4n) is 3.40. The van der Waals surface area contributed by atoms with Gasteiger partial charge in [-0.1, -0.05) is 0 Å². The van der Waals surface area contributed by atoms with Crippen LogP contribution in [0.4, 0.5) is 10.7 Å². The third kappa shape index (κ3) is 3.24. The molecule has 2 saturated heterocycles. The molecule has 2 amide bonds. The predicted molar refractivity (Wildman–Crippen MR) is 87.3 cm³/mol. The molecule has 0 aliphatic carbocycles. The molecule has 2 aliphatic heterocycles. The van der Waals surface area contributed by atoms with Crippen molar-refractivity contribution in [1.29, 1.82) is 0 Å². The van der Waals surface area contributed by atoms with Crippen molar-refractivity contribution in [2.45, 2.75) is 25.4 Å².